The summed E-state index contributed by atoms with van der Waals surface area (Å²) >= 11 is 3.43. The summed E-state index contributed by atoms with van der Waals surface area (Å²) in [7, 11) is 1.57. The Hall–Kier alpha value is -1.23. The van der Waals surface area contributed by atoms with Gasteiger partial charge in [0.2, 0.25) is 0 Å². The lowest BCUT2D eigenvalue weighted by atomic mass is 10.1. The Labute approximate surface area is 122 Å². The molecule has 19 heavy (non-hydrogen) atoms. The maximum atomic E-state index is 12.3. The van der Waals surface area contributed by atoms with Gasteiger partial charge in [-0.3, -0.25) is 4.79 Å². The fraction of sp³-hybridized carbons (Fsp3) is 0.500. The highest BCUT2D eigenvalue weighted by Crippen LogP contribution is 2.36. The van der Waals surface area contributed by atoms with Gasteiger partial charge in [0.1, 0.15) is 0 Å². The molecule has 0 aliphatic carbocycles. The smallest absolute Gasteiger partial charge is 0.254 e. The third kappa shape index (κ3) is 3.62. The Morgan fingerprint density at radius 2 is 1.89 bits per heavy atom. The molecule has 0 saturated heterocycles. The van der Waals surface area contributed by atoms with Gasteiger partial charge in [-0.15, -0.1) is 0 Å². The van der Waals surface area contributed by atoms with Crippen LogP contribution in [0.1, 0.15) is 31.1 Å². The zero-order valence-electron chi connectivity index (χ0n) is 11.8. The largest absolute Gasteiger partial charge is 0.493 e. The van der Waals surface area contributed by atoms with Gasteiger partial charge in [0.05, 0.1) is 18.2 Å². The summed E-state index contributed by atoms with van der Waals surface area (Å²) < 4.78 is 11.5. The number of halogens is 1. The summed E-state index contributed by atoms with van der Waals surface area (Å²) in [6, 6.07) is 3.49. The lowest BCUT2D eigenvalue weighted by molar-refractivity contribution is 0.0772. The molecule has 0 fully saturated rings. The fourth-order valence-corrected chi connectivity index (χ4v) is 2.38. The standard InChI is InChI=1S/C14H20BrNO3/c1-5-16(6-2)14(17)10-8-11(15)13(19-7-3)12(9-10)18-4/h8-9H,5-7H2,1-4H3. The molecule has 1 rings (SSSR count). The first-order valence-electron chi connectivity index (χ1n) is 6.38. The van der Waals surface area contributed by atoms with Crippen molar-refractivity contribution in [3.05, 3.63) is 22.2 Å². The molecule has 1 aromatic rings. The van der Waals surface area contributed by atoms with Crippen LogP contribution in [0.5, 0.6) is 11.5 Å². The van der Waals surface area contributed by atoms with Gasteiger partial charge < -0.3 is 14.4 Å². The lowest BCUT2D eigenvalue weighted by Gasteiger charge is -2.20. The number of ether oxygens (including phenoxy) is 2. The summed E-state index contributed by atoms with van der Waals surface area (Å²) in [6.07, 6.45) is 0. The first-order chi connectivity index (χ1) is 9.08. The summed E-state index contributed by atoms with van der Waals surface area (Å²) in [6.45, 7) is 7.73. The summed E-state index contributed by atoms with van der Waals surface area (Å²) in [5.41, 5.74) is 0.593. The van der Waals surface area contributed by atoms with Crippen LogP contribution in [0.2, 0.25) is 0 Å². The molecule has 0 spiro atoms. The summed E-state index contributed by atoms with van der Waals surface area (Å²) in [5.74, 6) is 1.18. The van der Waals surface area contributed by atoms with E-state index in [2.05, 4.69) is 15.9 Å². The summed E-state index contributed by atoms with van der Waals surface area (Å²) in [4.78, 5) is 14.1. The van der Waals surface area contributed by atoms with Crippen molar-refractivity contribution in [2.24, 2.45) is 0 Å². The molecule has 106 valence electrons. The number of amides is 1. The average molecular weight is 330 g/mol. The number of hydrogen-bond donors (Lipinski definition) is 0. The van der Waals surface area contributed by atoms with E-state index in [0.717, 1.165) is 4.47 Å². The van der Waals surface area contributed by atoms with Crippen LogP contribution in [0.4, 0.5) is 0 Å². The van der Waals surface area contributed by atoms with Crippen LogP contribution < -0.4 is 9.47 Å². The Morgan fingerprint density at radius 3 is 2.37 bits per heavy atom. The molecule has 0 heterocycles. The molecule has 0 aromatic heterocycles. The van der Waals surface area contributed by atoms with Gasteiger partial charge in [0.15, 0.2) is 11.5 Å². The van der Waals surface area contributed by atoms with Crippen molar-refractivity contribution in [1.29, 1.82) is 0 Å². The Bertz CT molecular complexity index is 445. The van der Waals surface area contributed by atoms with Gasteiger partial charge in [-0.25, -0.2) is 0 Å². The average Bonchev–Trinajstić information content (AvgIpc) is 2.42. The molecule has 0 saturated carbocycles. The van der Waals surface area contributed by atoms with Crippen molar-refractivity contribution in [1.82, 2.24) is 4.90 Å². The van der Waals surface area contributed by atoms with Crippen molar-refractivity contribution < 1.29 is 14.3 Å². The quantitative estimate of drug-likeness (QED) is 0.803. The maximum Gasteiger partial charge on any atom is 0.254 e. The molecule has 0 aliphatic rings. The van der Waals surface area contributed by atoms with Crippen LogP contribution in [-0.2, 0) is 0 Å². The van der Waals surface area contributed by atoms with Gasteiger partial charge in [0.25, 0.3) is 5.91 Å². The monoisotopic (exact) mass is 329 g/mol. The maximum absolute atomic E-state index is 12.3. The molecule has 5 heteroatoms. The van der Waals surface area contributed by atoms with E-state index in [9.17, 15) is 4.79 Å². The van der Waals surface area contributed by atoms with Crippen LogP contribution in [0.3, 0.4) is 0 Å². The number of nitrogens with zero attached hydrogens (tertiary/aromatic N) is 1. The highest BCUT2D eigenvalue weighted by atomic mass is 79.9. The zero-order chi connectivity index (χ0) is 14.4. The predicted molar refractivity (Wildman–Crippen MR) is 79.1 cm³/mol. The predicted octanol–water partition coefficient (Wildman–Crippen LogP) is 3.34. The highest BCUT2D eigenvalue weighted by molar-refractivity contribution is 9.10. The SMILES string of the molecule is CCOc1c(Br)cc(C(=O)N(CC)CC)cc1OC. The van der Waals surface area contributed by atoms with Crippen molar-refractivity contribution >= 4 is 21.8 Å². The lowest BCUT2D eigenvalue weighted by Crippen LogP contribution is -2.30. The normalized spacial score (nSPS) is 10.2. The molecular formula is C14H20BrNO3. The molecule has 0 atom stereocenters. The minimum absolute atomic E-state index is 0.00736. The van der Waals surface area contributed by atoms with Crippen molar-refractivity contribution in [2.75, 3.05) is 26.8 Å². The van der Waals surface area contributed by atoms with E-state index in [1.165, 1.54) is 0 Å². The third-order valence-corrected chi connectivity index (χ3v) is 3.40. The molecule has 0 unspecified atom stereocenters. The zero-order valence-corrected chi connectivity index (χ0v) is 13.4. The minimum atomic E-state index is -0.00736. The van der Waals surface area contributed by atoms with Gasteiger partial charge in [-0.05, 0) is 48.8 Å². The van der Waals surface area contributed by atoms with Crippen LogP contribution in [0, 0.1) is 0 Å². The molecular weight excluding hydrogens is 310 g/mol. The van der Waals surface area contributed by atoms with Crippen LogP contribution in [-0.4, -0.2) is 37.6 Å². The molecule has 0 radical (unpaired) electrons. The van der Waals surface area contributed by atoms with E-state index >= 15 is 0 Å². The van der Waals surface area contributed by atoms with E-state index in [0.29, 0.717) is 36.8 Å². The molecule has 0 aliphatic heterocycles. The van der Waals surface area contributed by atoms with E-state index in [-0.39, 0.29) is 5.91 Å². The summed E-state index contributed by atoms with van der Waals surface area (Å²) in [5, 5.41) is 0. The first kappa shape index (κ1) is 15.8. The number of methoxy groups -OCH3 is 1. The van der Waals surface area contributed by atoms with E-state index in [4.69, 9.17) is 9.47 Å². The van der Waals surface area contributed by atoms with Crippen LogP contribution in [0.25, 0.3) is 0 Å². The molecule has 4 nitrogen and oxygen atoms in total. The Kier molecular flexibility index (Phi) is 6.15. The van der Waals surface area contributed by atoms with E-state index < -0.39 is 0 Å². The Balaban J connectivity index is 3.17. The van der Waals surface area contributed by atoms with Crippen molar-refractivity contribution in [3.8, 4) is 11.5 Å². The van der Waals surface area contributed by atoms with Gasteiger partial charge in [-0.2, -0.15) is 0 Å². The van der Waals surface area contributed by atoms with Gasteiger partial charge >= 0.3 is 0 Å². The molecule has 0 bridgehead atoms. The number of carbonyl (C=O) groups is 1. The van der Waals surface area contributed by atoms with Crippen LogP contribution >= 0.6 is 15.9 Å². The second kappa shape index (κ2) is 7.38. The molecule has 0 N–H and O–H groups in total. The molecule has 1 amide bonds. The van der Waals surface area contributed by atoms with Crippen LogP contribution in [0.15, 0.2) is 16.6 Å². The minimum Gasteiger partial charge on any atom is -0.493 e. The third-order valence-electron chi connectivity index (χ3n) is 2.82. The van der Waals surface area contributed by atoms with Crippen molar-refractivity contribution in [2.45, 2.75) is 20.8 Å². The number of benzene rings is 1. The number of rotatable bonds is 6. The van der Waals surface area contributed by atoms with E-state index in [1.807, 2.05) is 20.8 Å². The second-order valence-electron chi connectivity index (χ2n) is 3.90. The Morgan fingerprint density at radius 1 is 1.26 bits per heavy atom. The first-order valence-corrected chi connectivity index (χ1v) is 7.17. The second-order valence-corrected chi connectivity index (χ2v) is 4.75. The van der Waals surface area contributed by atoms with Gasteiger partial charge in [-0.1, -0.05) is 0 Å². The van der Waals surface area contributed by atoms with Gasteiger partial charge in [0, 0.05) is 18.7 Å². The topological polar surface area (TPSA) is 38.8 Å². The fourth-order valence-electron chi connectivity index (χ4n) is 1.82. The number of hydrogen-bond acceptors (Lipinski definition) is 3. The van der Waals surface area contributed by atoms with E-state index in [1.54, 1.807) is 24.1 Å². The molecule has 1 aromatic carbocycles. The highest BCUT2D eigenvalue weighted by Gasteiger charge is 2.18. The van der Waals surface area contributed by atoms with Crippen molar-refractivity contribution in [3.63, 3.8) is 0 Å². The number of carbonyl (C=O) groups excluding carboxylic acids is 1.